The van der Waals surface area contributed by atoms with Gasteiger partial charge in [-0.1, -0.05) is 12.1 Å². The van der Waals surface area contributed by atoms with Crippen LogP contribution in [0.15, 0.2) is 24.3 Å². The lowest BCUT2D eigenvalue weighted by molar-refractivity contribution is -0.0880. The van der Waals surface area contributed by atoms with Gasteiger partial charge in [0, 0.05) is 57.9 Å². The molecule has 0 radical (unpaired) electrons. The number of benzene rings is 1. The Bertz CT molecular complexity index is 663. The summed E-state index contributed by atoms with van der Waals surface area (Å²) in [5.74, 6) is 1.89. The lowest BCUT2D eigenvalue weighted by Crippen LogP contribution is -2.62. The molecule has 1 aliphatic carbocycles. The molecule has 1 aromatic carbocycles. The zero-order valence-corrected chi connectivity index (χ0v) is 17.5. The summed E-state index contributed by atoms with van der Waals surface area (Å²) in [5.41, 5.74) is 1.35. The minimum Gasteiger partial charge on any atom is -0.492 e. The van der Waals surface area contributed by atoms with Crippen LogP contribution < -0.4 is 4.74 Å². The first-order chi connectivity index (χ1) is 14.3. The van der Waals surface area contributed by atoms with Crippen LogP contribution >= 0.6 is 0 Å². The lowest BCUT2D eigenvalue weighted by atomic mass is 10.0. The Kier molecular flexibility index (Phi) is 6.35. The molecule has 3 heterocycles. The molecule has 0 bridgehead atoms. The van der Waals surface area contributed by atoms with E-state index in [2.05, 4.69) is 39.0 Å². The van der Waals surface area contributed by atoms with Crippen molar-refractivity contribution in [1.82, 2.24) is 14.7 Å². The molecule has 29 heavy (non-hydrogen) atoms. The Labute approximate surface area is 174 Å². The van der Waals surface area contributed by atoms with Crippen LogP contribution in [0.1, 0.15) is 18.4 Å². The van der Waals surface area contributed by atoms with Crippen molar-refractivity contribution < 1.29 is 14.2 Å². The van der Waals surface area contributed by atoms with E-state index in [1.165, 1.54) is 24.9 Å². The molecule has 0 N–H and O–H groups in total. The highest BCUT2D eigenvalue weighted by atomic mass is 16.5. The van der Waals surface area contributed by atoms with Crippen LogP contribution in [0.25, 0.3) is 0 Å². The number of piperazine rings is 1. The van der Waals surface area contributed by atoms with Crippen molar-refractivity contribution in [2.24, 2.45) is 5.92 Å². The first-order valence-corrected chi connectivity index (χ1v) is 11.4. The fourth-order valence-corrected chi connectivity index (χ4v) is 5.08. The molecule has 160 valence electrons. The maximum Gasteiger partial charge on any atom is 0.119 e. The molecule has 3 saturated heterocycles. The van der Waals surface area contributed by atoms with Crippen LogP contribution in [0.4, 0.5) is 0 Å². The Balaban J connectivity index is 1.11. The van der Waals surface area contributed by atoms with Gasteiger partial charge < -0.3 is 14.2 Å². The van der Waals surface area contributed by atoms with E-state index in [-0.39, 0.29) is 0 Å². The topological polar surface area (TPSA) is 37.4 Å². The molecular weight excluding hydrogens is 366 g/mol. The summed E-state index contributed by atoms with van der Waals surface area (Å²) in [7, 11) is 0. The molecule has 0 amide bonds. The summed E-state index contributed by atoms with van der Waals surface area (Å²) in [6, 6.07) is 9.90. The molecule has 6 heteroatoms. The minimum absolute atomic E-state index is 0.566. The van der Waals surface area contributed by atoms with Crippen LogP contribution in [-0.2, 0) is 16.0 Å². The van der Waals surface area contributed by atoms with E-state index < -0.39 is 0 Å². The van der Waals surface area contributed by atoms with Crippen molar-refractivity contribution in [2.45, 2.75) is 31.5 Å². The van der Waals surface area contributed by atoms with E-state index in [4.69, 9.17) is 14.2 Å². The molecule has 4 aliphatic rings. The third-order valence-electron chi connectivity index (χ3n) is 6.89. The van der Waals surface area contributed by atoms with Crippen molar-refractivity contribution in [3.05, 3.63) is 29.8 Å². The van der Waals surface area contributed by atoms with E-state index in [1.54, 1.807) is 0 Å². The maximum atomic E-state index is 6.04. The average molecular weight is 402 g/mol. The molecule has 2 atom stereocenters. The SMILES string of the molecule is c1cc(CN2CCN3[C@@H](COC[C@@H]3C3CC3)C2)cc(OCCN2CCOCC2)c1. The van der Waals surface area contributed by atoms with Gasteiger partial charge in [-0.3, -0.25) is 14.7 Å². The molecule has 0 spiro atoms. The molecule has 1 saturated carbocycles. The van der Waals surface area contributed by atoms with Gasteiger partial charge in [-0.05, 0) is 36.5 Å². The minimum atomic E-state index is 0.566. The van der Waals surface area contributed by atoms with Crippen LogP contribution in [0.5, 0.6) is 5.75 Å². The average Bonchev–Trinajstić information content (AvgIpc) is 3.60. The van der Waals surface area contributed by atoms with Crippen molar-refractivity contribution >= 4 is 0 Å². The molecule has 5 rings (SSSR count). The molecule has 0 unspecified atom stereocenters. The second kappa shape index (κ2) is 9.31. The molecule has 4 fully saturated rings. The quantitative estimate of drug-likeness (QED) is 0.692. The number of morpholine rings is 2. The van der Waals surface area contributed by atoms with Crippen LogP contribution in [0.3, 0.4) is 0 Å². The summed E-state index contributed by atoms with van der Waals surface area (Å²) < 4.78 is 17.4. The van der Waals surface area contributed by atoms with E-state index >= 15 is 0 Å². The first-order valence-electron chi connectivity index (χ1n) is 11.4. The third-order valence-corrected chi connectivity index (χ3v) is 6.89. The highest BCUT2D eigenvalue weighted by Crippen LogP contribution is 2.38. The Morgan fingerprint density at radius 3 is 2.72 bits per heavy atom. The molecule has 6 nitrogen and oxygen atoms in total. The molecule has 1 aromatic rings. The van der Waals surface area contributed by atoms with E-state index in [0.29, 0.717) is 12.1 Å². The van der Waals surface area contributed by atoms with Crippen molar-refractivity contribution in [3.8, 4) is 5.75 Å². The first kappa shape index (κ1) is 19.8. The smallest absolute Gasteiger partial charge is 0.119 e. The standard InChI is InChI=1S/C23H35N3O3/c1-2-19(14-22(3-1)29-13-10-24-8-11-27-12-9-24)15-25-6-7-26-21(16-25)17-28-18-23(26)20-4-5-20/h1-3,14,20-21,23H,4-13,15-18H2/t21-,23-/m1/s1. The van der Waals surface area contributed by atoms with E-state index in [0.717, 1.165) is 84.0 Å². The fraction of sp³-hybridized carbons (Fsp3) is 0.739. The van der Waals surface area contributed by atoms with Gasteiger partial charge in [0.1, 0.15) is 12.4 Å². The molecule has 0 aromatic heterocycles. The Hall–Kier alpha value is -1.18. The van der Waals surface area contributed by atoms with Crippen LogP contribution in [0.2, 0.25) is 0 Å². The van der Waals surface area contributed by atoms with Crippen molar-refractivity contribution in [1.29, 1.82) is 0 Å². The van der Waals surface area contributed by atoms with Crippen LogP contribution in [-0.4, -0.2) is 99.1 Å². The van der Waals surface area contributed by atoms with Gasteiger partial charge >= 0.3 is 0 Å². The van der Waals surface area contributed by atoms with Crippen LogP contribution in [0, 0.1) is 5.92 Å². The highest BCUT2D eigenvalue weighted by molar-refractivity contribution is 5.28. The van der Waals surface area contributed by atoms with Gasteiger partial charge in [-0.15, -0.1) is 0 Å². The zero-order valence-electron chi connectivity index (χ0n) is 17.5. The number of hydrogen-bond donors (Lipinski definition) is 0. The zero-order chi connectivity index (χ0) is 19.5. The van der Waals surface area contributed by atoms with Crippen molar-refractivity contribution in [2.75, 3.05) is 72.3 Å². The normalized spacial score (nSPS) is 29.5. The van der Waals surface area contributed by atoms with Gasteiger partial charge in [-0.2, -0.15) is 0 Å². The highest BCUT2D eigenvalue weighted by Gasteiger charge is 2.42. The molecule has 3 aliphatic heterocycles. The van der Waals surface area contributed by atoms with E-state index in [1.807, 2.05) is 0 Å². The summed E-state index contributed by atoms with van der Waals surface area (Å²) in [6.45, 7) is 11.7. The molecular formula is C23H35N3O3. The Morgan fingerprint density at radius 1 is 0.966 bits per heavy atom. The van der Waals surface area contributed by atoms with Gasteiger partial charge in [0.05, 0.1) is 26.4 Å². The number of ether oxygens (including phenoxy) is 3. The number of rotatable bonds is 7. The number of hydrogen-bond acceptors (Lipinski definition) is 6. The summed E-state index contributed by atoms with van der Waals surface area (Å²) >= 11 is 0. The summed E-state index contributed by atoms with van der Waals surface area (Å²) in [4.78, 5) is 7.75. The lowest BCUT2D eigenvalue weighted by Gasteiger charge is -2.48. The van der Waals surface area contributed by atoms with Gasteiger partial charge in [-0.25, -0.2) is 0 Å². The largest absolute Gasteiger partial charge is 0.492 e. The predicted molar refractivity (Wildman–Crippen MR) is 112 cm³/mol. The predicted octanol–water partition coefficient (Wildman–Crippen LogP) is 1.69. The Morgan fingerprint density at radius 2 is 1.86 bits per heavy atom. The number of fused-ring (bicyclic) bond motifs is 1. The fourth-order valence-electron chi connectivity index (χ4n) is 5.08. The third kappa shape index (κ3) is 5.12. The maximum absolute atomic E-state index is 6.04. The van der Waals surface area contributed by atoms with Gasteiger partial charge in [0.25, 0.3) is 0 Å². The van der Waals surface area contributed by atoms with Crippen molar-refractivity contribution in [3.63, 3.8) is 0 Å². The van der Waals surface area contributed by atoms with Gasteiger partial charge in [0.2, 0.25) is 0 Å². The summed E-state index contributed by atoms with van der Waals surface area (Å²) in [6.07, 6.45) is 2.80. The second-order valence-electron chi connectivity index (χ2n) is 9.02. The summed E-state index contributed by atoms with van der Waals surface area (Å²) in [5, 5.41) is 0. The van der Waals surface area contributed by atoms with E-state index in [9.17, 15) is 0 Å². The van der Waals surface area contributed by atoms with Gasteiger partial charge in [0.15, 0.2) is 0 Å². The monoisotopic (exact) mass is 401 g/mol. The number of nitrogens with zero attached hydrogens (tertiary/aromatic N) is 3. The second-order valence-corrected chi connectivity index (χ2v) is 9.02.